The fraction of sp³-hybridized carbons (Fsp3) is 0.304. The smallest absolute Gasteiger partial charge is 0.249 e. The molecule has 1 amide bonds. The summed E-state index contributed by atoms with van der Waals surface area (Å²) in [6.45, 7) is 0.447. The van der Waals surface area contributed by atoms with Gasteiger partial charge in [-0.2, -0.15) is 5.10 Å². The average Bonchev–Trinajstić information content (AvgIpc) is 3.54. The van der Waals surface area contributed by atoms with Gasteiger partial charge in [0.1, 0.15) is 18.1 Å². The van der Waals surface area contributed by atoms with E-state index in [1.165, 1.54) is 7.11 Å². The first-order chi connectivity index (χ1) is 14.6. The molecule has 1 aromatic heterocycles. The summed E-state index contributed by atoms with van der Waals surface area (Å²) >= 11 is 6.32. The van der Waals surface area contributed by atoms with Crippen LogP contribution in [0.5, 0.6) is 11.6 Å². The van der Waals surface area contributed by atoms with Gasteiger partial charge in [-0.05, 0) is 25.0 Å². The molecule has 0 N–H and O–H groups in total. The number of methoxy groups -OCH3 is 1. The summed E-state index contributed by atoms with van der Waals surface area (Å²) in [5.74, 6) is 1.08. The first-order valence-corrected chi connectivity index (χ1v) is 10.3. The van der Waals surface area contributed by atoms with Gasteiger partial charge >= 0.3 is 0 Å². The van der Waals surface area contributed by atoms with Crippen LogP contribution in [0.3, 0.4) is 0 Å². The minimum Gasteiger partial charge on any atom is -0.437 e. The Kier molecular flexibility index (Phi) is 6.06. The van der Waals surface area contributed by atoms with Crippen molar-refractivity contribution in [1.82, 2.24) is 14.7 Å². The normalized spacial score (nSPS) is 13.3. The van der Waals surface area contributed by atoms with Crippen LogP contribution in [-0.2, 0) is 23.1 Å². The van der Waals surface area contributed by atoms with Crippen LogP contribution in [0.2, 0.25) is 5.02 Å². The second-order valence-corrected chi connectivity index (χ2v) is 7.75. The zero-order valence-electron chi connectivity index (χ0n) is 17.0. The predicted octanol–water partition coefficient (Wildman–Crippen LogP) is 4.67. The van der Waals surface area contributed by atoms with Crippen LogP contribution in [0.4, 0.5) is 0 Å². The third kappa shape index (κ3) is 4.35. The number of hydrogen-bond donors (Lipinski definition) is 0. The maximum atomic E-state index is 12.7. The molecule has 1 aliphatic rings. The lowest BCUT2D eigenvalue weighted by atomic mass is 10.1. The molecule has 0 unspecified atom stereocenters. The van der Waals surface area contributed by atoms with E-state index in [0.717, 1.165) is 29.7 Å². The number of rotatable bonds is 8. The van der Waals surface area contributed by atoms with Crippen molar-refractivity contribution in [3.8, 4) is 22.9 Å². The number of ether oxygens (including phenoxy) is 2. The van der Waals surface area contributed by atoms with Crippen molar-refractivity contribution in [2.45, 2.75) is 25.4 Å². The van der Waals surface area contributed by atoms with Gasteiger partial charge in [-0.1, -0.05) is 54.1 Å². The molecule has 1 fully saturated rings. The Morgan fingerprint density at radius 3 is 2.53 bits per heavy atom. The number of carbonyl (C=O) groups excluding carboxylic acids is 1. The summed E-state index contributed by atoms with van der Waals surface area (Å²) in [6, 6.07) is 17.5. The number of benzene rings is 2. The fourth-order valence-electron chi connectivity index (χ4n) is 3.47. The van der Waals surface area contributed by atoms with Crippen LogP contribution in [0.25, 0.3) is 11.3 Å². The molecule has 6 nitrogen and oxygen atoms in total. The van der Waals surface area contributed by atoms with Crippen LogP contribution < -0.4 is 4.74 Å². The molecule has 0 bridgehead atoms. The molecule has 4 rings (SSSR count). The monoisotopic (exact) mass is 425 g/mol. The number of halogens is 1. The SMILES string of the molecule is COCC(=O)N(Cc1c(-c2ccccc2)nn(C)c1Oc1ccccc1Cl)C1CC1. The highest BCUT2D eigenvalue weighted by molar-refractivity contribution is 6.32. The molecule has 1 saturated carbocycles. The summed E-state index contributed by atoms with van der Waals surface area (Å²) in [7, 11) is 3.37. The molecule has 2 aromatic carbocycles. The lowest BCUT2D eigenvalue weighted by Crippen LogP contribution is -2.35. The Bertz CT molecular complexity index is 1030. The Labute approximate surface area is 181 Å². The van der Waals surface area contributed by atoms with Crippen molar-refractivity contribution in [2.75, 3.05) is 13.7 Å². The van der Waals surface area contributed by atoms with Crippen molar-refractivity contribution in [3.63, 3.8) is 0 Å². The summed E-state index contributed by atoms with van der Waals surface area (Å²) in [6.07, 6.45) is 1.99. The zero-order valence-corrected chi connectivity index (χ0v) is 17.8. The van der Waals surface area contributed by atoms with E-state index in [1.54, 1.807) is 10.7 Å². The van der Waals surface area contributed by atoms with E-state index >= 15 is 0 Å². The number of nitrogens with zero attached hydrogens (tertiary/aromatic N) is 3. The molecule has 3 aromatic rings. The van der Waals surface area contributed by atoms with E-state index in [-0.39, 0.29) is 18.6 Å². The topological polar surface area (TPSA) is 56.6 Å². The Hall–Kier alpha value is -2.83. The highest BCUT2D eigenvalue weighted by Crippen LogP contribution is 2.38. The van der Waals surface area contributed by atoms with E-state index in [0.29, 0.717) is 23.2 Å². The predicted molar refractivity (Wildman–Crippen MR) is 116 cm³/mol. The largest absolute Gasteiger partial charge is 0.437 e. The van der Waals surface area contributed by atoms with Crippen molar-refractivity contribution in [1.29, 1.82) is 0 Å². The maximum absolute atomic E-state index is 12.7. The molecule has 1 aliphatic carbocycles. The number of amides is 1. The van der Waals surface area contributed by atoms with Crippen molar-refractivity contribution < 1.29 is 14.3 Å². The van der Waals surface area contributed by atoms with Crippen LogP contribution in [0, 0.1) is 0 Å². The van der Waals surface area contributed by atoms with Crippen LogP contribution in [-0.4, -0.2) is 40.3 Å². The summed E-state index contributed by atoms with van der Waals surface area (Å²) in [5, 5.41) is 5.24. The fourth-order valence-corrected chi connectivity index (χ4v) is 3.64. The maximum Gasteiger partial charge on any atom is 0.249 e. The molecule has 30 heavy (non-hydrogen) atoms. The van der Waals surface area contributed by atoms with E-state index in [2.05, 4.69) is 0 Å². The Balaban J connectivity index is 1.77. The summed E-state index contributed by atoms with van der Waals surface area (Å²) in [4.78, 5) is 14.6. The van der Waals surface area contributed by atoms with Crippen LogP contribution in [0.15, 0.2) is 54.6 Å². The van der Waals surface area contributed by atoms with Gasteiger partial charge in [0, 0.05) is 25.8 Å². The number of carbonyl (C=O) groups is 1. The third-order valence-corrected chi connectivity index (χ3v) is 5.39. The molecule has 0 aliphatic heterocycles. The van der Waals surface area contributed by atoms with Gasteiger partial charge in [0.15, 0.2) is 0 Å². The van der Waals surface area contributed by atoms with Crippen molar-refractivity contribution in [2.24, 2.45) is 7.05 Å². The van der Waals surface area contributed by atoms with Gasteiger partial charge in [-0.25, -0.2) is 4.68 Å². The number of aromatic nitrogens is 2. The molecular formula is C23H24ClN3O3. The van der Waals surface area contributed by atoms with Crippen molar-refractivity contribution in [3.05, 3.63) is 65.2 Å². The third-order valence-electron chi connectivity index (χ3n) is 5.08. The minimum absolute atomic E-state index is 0.0356. The molecule has 0 spiro atoms. The van der Waals surface area contributed by atoms with Gasteiger partial charge in [-0.15, -0.1) is 0 Å². The van der Waals surface area contributed by atoms with Gasteiger partial charge in [0.25, 0.3) is 0 Å². The molecule has 7 heteroatoms. The van der Waals surface area contributed by atoms with Gasteiger partial charge in [-0.3, -0.25) is 4.79 Å². The van der Waals surface area contributed by atoms with Gasteiger partial charge < -0.3 is 14.4 Å². The molecule has 1 heterocycles. The highest BCUT2D eigenvalue weighted by Gasteiger charge is 2.34. The van der Waals surface area contributed by atoms with E-state index < -0.39 is 0 Å². The second kappa shape index (κ2) is 8.90. The number of hydrogen-bond acceptors (Lipinski definition) is 4. The molecule has 0 radical (unpaired) electrons. The van der Waals surface area contributed by atoms with Crippen LogP contribution in [0.1, 0.15) is 18.4 Å². The minimum atomic E-state index is -0.0356. The first-order valence-electron chi connectivity index (χ1n) is 9.90. The Morgan fingerprint density at radius 2 is 1.87 bits per heavy atom. The molecular weight excluding hydrogens is 402 g/mol. The quantitative estimate of drug-likeness (QED) is 0.526. The van der Waals surface area contributed by atoms with Crippen LogP contribution >= 0.6 is 11.6 Å². The van der Waals surface area contributed by atoms with E-state index in [4.69, 9.17) is 26.2 Å². The first kappa shape index (κ1) is 20.4. The lowest BCUT2D eigenvalue weighted by molar-refractivity contribution is -0.136. The lowest BCUT2D eigenvalue weighted by Gasteiger charge is -2.23. The number of aryl methyl sites for hydroxylation is 1. The zero-order chi connectivity index (χ0) is 21.1. The Morgan fingerprint density at radius 1 is 1.17 bits per heavy atom. The molecule has 0 atom stereocenters. The second-order valence-electron chi connectivity index (χ2n) is 7.34. The average molecular weight is 426 g/mol. The van der Waals surface area contributed by atoms with E-state index in [1.807, 2.05) is 60.5 Å². The van der Waals surface area contributed by atoms with Gasteiger partial charge in [0.2, 0.25) is 11.8 Å². The summed E-state index contributed by atoms with van der Waals surface area (Å²) < 4.78 is 13.0. The molecule has 156 valence electrons. The van der Waals surface area contributed by atoms with E-state index in [9.17, 15) is 4.79 Å². The standard InChI is InChI=1S/C23H24ClN3O3/c1-26-23(30-20-11-7-6-10-19(20)24)18(22(25-26)16-8-4-3-5-9-16)14-27(17-12-13-17)21(28)15-29-2/h3-11,17H,12-15H2,1-2H3. The molecule has 0 saturated heterocycles. The summed E-state index contributed by atoms with van der Waals surface area (Å²) in [5.41, 5.74) is 2.60. The van der Waals surface area contributed by atoms with Crippen molar-refractivity contribution >= 4 is 17.5 Å². The van der Waals surface area contributed by atoms with Gasteiger partial charge in [0.05, 0.1) is 17.1 Å². The highest BCUT2D eigenvalue weighted by atomic mass is 35.5. The number of para-hydroxylation sites is 1.